The molecule has 0 bridgehead atoms. The molecule has 0 aliphatic heterocycles. The predicted octanol–water partition coefficient (Wildman–Crippen LogP) is 1.43. The Morgan fingerprint density at radius 2 is 2.10 bits per heavy atom. The van der Waals surface area contributed by atoms with Gasteiger partial charge in [-0.15, -0.1) is 10.2 Å². The molecule has 1 aromatic carbocycles. The van der Waals surface area contributed by atoms with Crippen LogP contribution in [0.5, 0.6) is 0 Å². The van der Waals surface area contributed by atoms with E-state index in [1.54, 1.807) is 16.7 Å². The smallest absolute Gasteiger partial charge is 0.269 e. The lowest BCUT2D eigenvalue weighted by Crippen LogP contribution is -2.06. The summed E-state index contributed by atoms with van der Waals surface area (Å²) in [5.74, 6) is 0.488. The van der Waals surface area contributed by atoms with Crippen LogP contribution >= 0.6 is 11.8 Å². The maximum absolute atomic E-state index is 10.6. The van der Waals surface area contributed by atoms with E-state index in [9.17, 15) is 10.1 Å². The molecule has 2 rings (SSSR count). The number of benzene rings is 1. The quantitative estimate of drug-likeness (QED) is 0.501. The molecule has 9 heteroatoms. The molecular formula is C11H10N6O2S. The molecule has 0 fully saturated rings. The maximum atomic E-state index is 10.6. The first-order chi connectivity index (χ1) is 9.61. The number of non-ortho nitro benzene ring substituents is 1. The molecule has 20 heavy (non-hydrogen) atoms. The number of nitrogens with zero attached hydrogens (tertiary/aromatic N) is 5. The lowest BCUT2D eigenvalue weighted by molar-refractivity contribution is -0.384. The molecule has 2 aromatic rings. The number of nitriles is 1. The van der Waals surface area contributed by atoms with Gasteiger partial charge in [-0.05, 0) is 5.56 Å². The Kier molecular flexibility index (Phi) is 4.17. The number of nitro benzene ring substituents is 1. The normalized spacial score (nSPS) is 10.2. The van der Waals surface area contributed by atoms with Crippen molar-refractivity contribution in [3.8, 4) is 6.07 Å². The first-order valence-electron chi connectivity index (χ1n) is 5.53. The number of hydrogen-bond donors (Lipinski definition) is 1. The van der Waals surface area contributed by atoms with Crippen LogP contribution in [-0.2, 0) is 6.54 Å². The van der Waals surface area contributed by atoms with Gasteiger partial charge in [0, 0.05) is 12.1 Å². The third-order valence-electron chi connectivity index (χ3n) is 2.50. The van der Waals surface area contributed by atoms with Gasteiger partial charge in [-0.2, -0.15) is 5.26 Å². The summed E-state index contributed by atoms with van der Waals surface area (Å²) >= 11 is 1.24. The number of nitro groups is 1. The summed E-state index contributed by atoms with van der Waals surface area (Å²) in [6.45, 7) is 0.393. The summed E-state index contributed by atoms with van der Waals surface area (Å²) in [6.07, 6.45) is 0. The van der Waals surface area contributed by atoms with Gasteiger partial charge in [-0.1, -0.05) is 23.9 Å². The van der Waals surface area contributed by atoms with Gasteiger partial charge in [0.05, 0.1) is 23.3 Å². The lowest BCUT2D eigenvalue weighted by atomic mass is 10.2. The van der Waals surface area contributed by atoms with Crippen LogP contribution in [0.1, 0.15) is 5.56 Å². The molecular weight excluding hydrogens is 280 g/mol. The molecule has 0 spiro atoms. The number of nitrogens with two attached hydrogens (primary N) is 1. The number of thioether (sulfide) groups is 1. The van der Waals surface area contributed by atoms with Gasteiger partial charge in [0.2, 0.25) is 5.95 Å². The zero-order chi connectivity index (χ0) is 14.5. The van der Waals surface area contributed by atoms with Crippen LogP contribution in [0, 0.1) is 21.4 Å². The Bertz CT molecular complexity index is 661. The van der Waals surface area contributed by atoms with Crippen LogP contribution in [0.15, 0.2) is 29.4 Å². The van der Waals surface area contributed by atoms with Crippen LogP contribution in [-0.4, -0.2) is 25.4 Å². The minimum atomic E-state index is -0.453. The van der Waals surface area contributed by atoms with Crippen molar-refractivity contribution in [1.82, 2.24) is 14.8 Å². The molecule has 0 atom stereocenters. The molecule has 1 heterocycles. The highest BCUT2D eigenvalue weighted by atomic mass is 32.2. The van der Waals surface area contributed by atoms with E-state index in [1.807, 2.05) is 6.07 Å². The van der Waals surface area contributed by atoms with E-state index in [0.717, 1.165) is 5.56 Å². The summed E-state index contributed by atoms with van der Waals surface area (Å²) in [7, 11) is 0. The first kappa shape index (κ1) is 13.8. The molecule has 0 aliphatic carbocycles. The molecule has 0 unspecified atom stereocenters. The largest absolute Gasteiger partial charge is 0.368 e. The number of anilines is 1. The Morgan fingerprint density at radius 3 is 2.70 bits per heavy atom. The van der Waals surface area contributed by atoms with E-state index >= 15 is 0 Å². The van der Waals surface area contributed by atoms with Crippen LogP contribution < -0.4 is 5.73 Å². The SMILES string of the molecule is N#CCSc1nnc(N)n1Cc1ccc([N+](=O)[O-])cc1. The van der Waals surface area contributed by atoms with Gasteiger partial charge < -0.3 is 5.73 Å². The van der Waals surface area contributed by atoms with Gasteiger partial charge in [0.25, 0.3) is 5.69 Å². The minimum Gasteiger partial charge on any atom is -0.368 e. The number of aromatic nitrogens is 3. The lowest BCUT2D eigenvalue weighted by Gasteiger charge is -2.06. The van der Waals surface area contributed by atoms with Crippen molar-refractivity contribution in [3.63, 3.8) is 0 Å². The van der Waals surface area contributed by atoms with Crippen molar-refractivity contribution in [2.75, 3.05) is 11.5 Å². The Balaban J connectivity index is 2.19. The number of rotatable bonds is 5. The fourth-order valence-corrected chi connectivity index (χ4v) is 2.16. The van der Waals surface area contributed by atoms with Crippen LogP contribution in [0.4, 0.5) is 11.6 Å². The van der Waals surface area contributed by atoms with Gasteiger partial charge in [0.1, 0.15) is 0 Å². The summed E-state index contributed by atoms with van der Waals surface area (Å²) < 4.78 is 1.66. The third kappa shape index (κ3) is 3.04. The summed E-state index contributed by atoms with van der Waals surface area (Å²) in [4.78, 5) is 10.1. The third-order valence-corrected chi connectivity index (χ3v) is 3.33. The maximum Gasteiger partial charge on any atom is 0.269 e. The van der Waals surface area contributed by atoms with Crippen LogP contribution in [0.2, 0.25) is 0 Å². The van der Waals surface area contributed by atoms with Crippen LogP contribution in [0.3, 0.4) is 0 Å². The second-order valence-electron chi connectivity index (χ2n) is 3.80. The molecule has 1 aromatic heterocycles. The molecule has 0 saturated carbocycles. The van der Waals surface area contributed by atoms with E-state index in [0.29, 0.717) is 11.7 Å². The zero-order valence-corrected chi connectivity index (χ0v) is 11.1. The Morgan fingerprint density at radius 1 is 1.40 bits per heavy atom. The highest BCUT2D eigenvalue weighted by Gasteiger charge is 2.11. The van der Waals surface area contributed by atoms with Crippen molar-refractivity contribution >= 4 is 23.4 Å². The van der Waals surface area contributed by atoms with E-state index < -0.39 is 4.92 Å². The van der Waals surface area contributed by atoms with Gasteiger partial charge in [-0.3, -0.25) is 14.7 Å². The summed E-state index contributed by atoms with van der Waals surface area (Å²) in [6, 6.07) is 8.16. The van der Waals surface area contributed by atoms with Crippen molar-refractivity contribution in [1.29, 1.82) is 5.26 Å². The second-order valence-corrected chi connectivity index (χ2v) is 4.74. The van der Waals surface area contributed by atoms with E-state index in [2.05, 4.69) is 10.2 Å². The number of hydrogen-bond acceptors (Lipinski definition) is 7. The van der Waals surface area contributed by atoms with Gasteiger partial charge in [-0.25, -0.2) is 0 Å². The van der Waals surface area contributed by atoms with E-state index in [4.69, 9.17) is 11.0 Å². The summed E-state index contributed by atoms with van der Waals surface area (Å²) in [5, 5.41) is 27.4. The summed E-state index contributed by atoms with van der Waals surface area (Å²) in [5.41, 5.74) is 6.59. The topological polar surface area (TPSA) is 124 Å². The minimum absolute atomic E-state index is 0.0320. The predicted molar refractivity (Wildman–Crippen MR) is 73.0 cm³/mol. The molecule has 0 amide bonds. The van der Waals surface area contributed by atoms with Crippen molar-refractivity contribution in [2.24, 2.45) is 0 Å². The zero-order valence-electron chi connectivity index (χ0n) is 10.3. The highest BCUT2D eigenvalue weighted by molar-refractivity contribution is 7.99. The molecule has 2 N–H and O–H groups in total. The average molecular weight is 290 g/mol. The molecule has 0 saturated heterocycles. The fraction of sp³-hybridized carbons (Fsp3) is 0.182. The van der Waals surface area contributed by atoms with Crippen LogP contribution in [0.25, 0.3) is 0 Å². The Labute approximate surface area is 118 Å². The van der Waals surface area contributed by atoms with Crippen molar-refractivity contribution in [2.45, 2.75) is 11.7 Å². The van der Waals surface area contributed by atoms with E-state index in [-0.39, 0.29) is 17.4 Å². The second kappa shape index (κ2) is 6.03. The molecule has 102 valence electrons. The monoisotopic (exact) mass is 290 g/mol. The first-order valence-corrected chi connectivity index (χ1v) is 6.52. The molecule has 0 aliphatic rings. The molecule has 0 radical (unpaired) electrons. The van der Waals surface area contributed by atoms with Crippen molar-refractivity contribution in [3.05, 3.63) is 39.9 Å². The van der Waals surface area contributed by atoms with Crippen molar-refractivity contribution < 1.29 is 4.92 Å². The fourth-order valence-electron chi connectivity index (χ4n) is 1.56. The molecule has 8 nitrogen and oxygen atoms in total. The number of nitrogen functional groups attached to an aromatic ring is 1. The van der Waals surface area contributed by atoms with Gasteiger partial charge in [0.15, 0.2) is 5.16 Å². The standard InChI is InChI=1S/C11H10N6O2S/c12-5-6-20-11-15-14-10(13)16(11)7-8-1-3-9(4-2-8)17(18)19/h1-4H,6-7H2,(H2,13,14). The average Bonchev–Trinajstić information content (AvgIpc) is 2.78. The highest BCUT2D eigenvalue weighted by Crippen LogP contribution is 2.20. The van der Waals surface area contributed by atoms with E-state index in [1.165, 1.54) is 23.9 Å². The van der Waals surface area contributed by atoms with Gasteiger partial charge >= 0.3 is 0 Å². The Hall–Kier alpha value is -2.60.